The lowest BCUT2D eigenvalue weighted by Gasteiger charge is -2.14. The quantitative estimate of drug-likeness (QED) is 0.350. The van der Waals surface area contributed by atoms with Gasteiger partial charge in [0.1, 0.15) is 11.0 Å². The second kappa shape index (κ2) is 8.62. The van der Waals surface area contributed by atoms with Crippen molar-refractivity contribution >= 4 is 28.6 Å². The van der Waals surface area contributed by atoms with Crippen LogP contribution in [-0.4, -0.2) is 45.2 Å². The Morgan fingerprint density at radius 2 is 1.90 bits per heavy atom. The molecule has 30 heavy (non-hydrogen) atoms. The molecule has 0 unspecified atom stereocenters. The van der Waals surface area contributed by atoms with Crippen molar-refractivity contribution in [3.63, 3.8) is 0 Å². The number of hydrogen-bond acceptors (Lipinski definition) is 6. The van der Waals surface area contributed by atoms with Crippen LogP contribution < -0.4 is 4.74 Å². The molecule has 1 N–H and O–H groups in total. The van der Waals surface area contributed by atoms with Crippen LogP contribution in [0.3, 0.4) is 0 Å². The lowest BCUT2D eigenvalue weighted by Crippen LogP contribution is -2.18. The molecule has 1 atom stereocenters. The third-order valence-corrected chi connectivity index (χ3v) is 6.16. The smallest absolute Gasteiger partial charge is 0.319 e. The zero-order chi connectivity index (χ0) is 21.1. The number of esters is 1. The Morgan fingerprint density at radius 1 is 1.13 bits per heavy atom. The number of H-pyrrole nitrogens is 1. The van der Waals surface area contributed by atoms with E-state index in [9.17, 15) is 4.79 Å². The number of aromatic amines is 1. The molecule has 2 aromatic heterocycles. The number of hydrogen-bond donors (Lipinski definition) is 1. The van der Waals surface area contributed by atoms with E-state index < -0.39 is 0 Å². The van der Waals surface area contributed by atoms with Crippen molar-refractivity contribution in [1.82, 2.24) is 19.7 Å². The number of methoxy groups -OCH3 is 2. The first-order valence-electron chi connectivity index (χ1n) is 9.57. The molecule has 2 heterocycles. The van der Waals surface area contributed by atoms with Crippen molar-refractivity contribution in [2.24, 2.45) is 0 Å². The summed E-state index contributed by atoms with van der Waals surface area (Å²) in [5.74, 6) is 1.18. The fraction of sp³-hybridized carbons (Fsp3) is 0.227. The van der Waals surface area contributed by atoms with E-state index >= 15 is 0 Å². The van der Waals surface area contributed by atoms with E-state index in [2.05, 4.69) is 15.2 Å². The number of nitrogens with one attached hydrogen (secondary N) is 1. The standard InChI is InChI=1S/C22H22N4O3S/c1-4-19(21(27)29-3)30-22-25-24-20(17-13-23-18-8-6-5-7-16(17)18)26(22)14-9-11-15(28-2)12-10-14/h5-13,19,23H,4H2,1-3H3/t19-/m0/s1. The molecule has 0 amide bonds. The lowest BCUT2D eigenvalue weighted by atomic mass is 10.1. The van der Waals surface area contributed by atoms with Crippen LogP contribution in [0, 0.1) is 0 Å². The van der Waals surface area contributed by atoms with Gasteiger partial charge in [-0.3, -0.25) is 9.36 Å². The van der Waals surface area contributed by atoms with Gasteiger partial charge >= 0.3 is 5.97 Å². The maximum absolute atomic E-state index is 12.2. The summed E-state index contributed by atoms with van der Waals surface area (Å²) in [6, 6.07) is 15.7. The van der Waals surface area contributed by atoms with E-state index in [0.29, 0.717) is 17.4 Å². The first kappa shape index (κ1) is 20.0. The Morgan fingerprint density at radius 3 is 2.60 bits per heavy atom. The normalized spacial score (nSPS) is 12.1. The first-order chi connectivity index (χ1) is 14.7. The summed E-state index contributed by atoms with van der Waals surface area (Å²) in [5.41, 5.74) is 2.84. The number of aromatic nitrogens is 4. The Hall–Kier alpha value is -3.26. The van der Waals surface area contributed by atoms with Crippen LogP contribution in [0.1, 0.15) is 13.3 Å². The highest BCUT2D eigenvalue weighted by Crippen LogP contribution is 2.34. The van der Waals surface area contributed by atoms with E-state index in [4.69, 9.17) is 9.47 Å². The topological polar surface area (TPSA) is 82.0 Å². The third kappa shape index (κ3) is 3.66. The van der Waals surface area contributed by atoms with Gasteiger partial charge in [0.05, 0.1) is 14.2 Å². The number of carbonyl (C=O) groups is 1. The number of fused-ring (bicyclic) bond motifs is 1. The molecule has 8 heteroatoms. The van der Waals surface area contributed by atoms with Crippen molar-refractivity contribution in [3.05, 3.63) is 54.7 Å². The minimum Gasteiger partial charge on any atom is -0.497 e. The fourth-order valence-corrected chi connectivity index (χ4v) is 4.30. The van der Waals surface area contributed by atoms with E-state index in [1.807, 2.05) is 66.2 Å². The van der Waals surface area contributed by atoms with Gasteiger partial charge in [0.25, 0.3) is 0 Å². The van der Waals surface area contributed by atoms with Crippen molar-refractivity contribution < 1.29 is 14.3 Å². The monoisotopic (exact) mass is 422 g/mol. The summed E-state index contributed by atoms with van der Waals surface area (Å²) in [6.45, 7) is 1.95. The molecule has 0 bridgehead atoms. The van der Waals surface area contributed by atoms with Gasteiger partial charge in [0.2, 0.25) is 0 Å². The van der Waals surface area contributed by atoms with Gasteiger partial charge in [-0.25, -0.2) is 0 Å². The highest BCUT2D eigenvalue weighted by atomic mass is 32.2. The molecule has 0 saturated heterocycles. The molecule has 0 aliphatic carbocycles. The summed E-state index contributed by atoms with van der Waals surface area (Å²) >= 11 is 1.35. The molecule has 2 aromatic carbocycles. The molecule has 0 fully saturated rings. The summed E-state index contributed by atoms with van der Waals surface area (Å²) in [4.78, 5) is 15.5. The number of ether oxygens (including phenoxy) is 2. The molecule has 4 rings (SSSR count). The zero-order valence-corrected chi connectivity index (χ0v) is 17.8. The minimum absolute atomic E-state index is 0.277. The largest absolute Gasteiger partial charge is 0.497 e. The van der Waals surface area contributed by atoms with Gasteiger partial charge < -0.3 is 14.5 Å². The number of nitrogens with zero attached hydrogens (tertiary/aromatic N) is 3. The zero-order valence-electron chi connectivity index (χ0n) is 17.0. The highest BCUT2D eigenvalue weighted by molar-refractivity contribution is 8.00. The Labute approximate surface area is 178 Å². The summed E-state index contributed by atoms with van der Waals surface area (Å²) in [7, 11) is 3.03. The van der Waals surface area contributed by atoms with Crippen LogP contribution in [0.2, 0.25) is 0 Å². The lowest BCUT2D eigenvalue weighted by molar-refractivity contribution is -0.140. The SMILES string of the molecule is CC[C@H](Sc1nnc(-c2c[nH]c3ccccc23)n1-c1ccc(OC)cc1)C(=O)OC. The van der Waals surface area contributed by atoms with E-state index in [1.165, 1.54) is 18.9 Å². The molecule has 0 spiro atoms. The van der Waals surface area contributed by atoms with E-state index in [-0.39, 0.29) is 11.2 Å². The average molecular weight is 423 g/mol. The Kier molecular flexibility index (Phi) is 5.76. The average Bonchev–Trinajstić information content (AvgIpc) is 3.40. The predicted octanol–water partition coefficient (Wildman–Crippen LogP) is 4.47. The molecular formula is C22H22N4O3S. The highest BCUT2D eigenvalue weighted by Gasteiger charge is 2.25. The fourth-order valence-electron chi connectivity index (χ4n) is 3.30. The van der Waals surface area contributed by atoms with Gasteiger partial charge in [0, 0.05) is 28.4 Å². The molecular weight excluding hydrogens is 400 g/mol. The summed E-state index contributed by atoms with van der Waals surface area (Å²) in [5, 5.41) is 10.2. The van der Waals surface area contributed by atoms with Gasteiger partial charge in [-0.2, -0.15) is 0 Å². The number of rotatable bonds is 7. The predicted molar refractivity (Wildman–Crippen MR) is 117 cm³/mol. The van der Waals surface area contributed by atoms with Crippen LogP contribution in [0.5, 0.6) is 5.75 Å². The second-order valence-corrected chi connectivity index (χ2v) is 7.80. The summed E-state index contributed by atoms with van der Waals surface area (Å²) in [6.07, 6.45) is 2.55. The van der Waals surface area contributed by atoms with Crippen LogP contribution in [0.25, 0.3) is 28.0 Å². The van der Waals surface area contributed by atoms with Crippen molar-refractivity contribution in [2.45, 2.75) is 23.8 Å². The van der Waals surface area contributed by atoms with E-state index in [1.54, 1.807) is 7.11 Å². The van der Waals surface area contributed by atoms with Crippen LogP contribution in [0.4, 0.5) is 0 Å². The number of carbonyl (C=O) groups excluding carboxylic acids is 1. The molecule has 0 aliphatic rings. The number of benzene rings is 2. The van der Waals surface area contributed by atoms with Crippen LogP contribution in [0.15, 0.2) is 59.9 Å². The van der Waals surface area contributed by atoms with Gasteiger partial charge in [-0.15, -0.1) is 10.2 Å². The minimum atomic E-state index is -0.369. The molecule has 0 aliphatic heterocycles. The number of thioether (sulfide) groups is 1. The summed E-state index contributed by atoms with van der Waals surface area (Å²) < 4.78 is 12.2. The molecule has 0 saturated carbocycles. The third-order valence-electron chi connectivity index (χ3n) is 4.88. The second-order valence-electron chi connectivity index (χ2n) is 6.63. The van der Waals surface area contributed by atoms with E-state index in [0.717, 1.165) is 27.9 Å². The Bertz CT molecular complexity index is 1170. The van der Waals surface area contributed by atoms with Crippen LogP contribution in [-0.2, 0) is 9.53 Å². The van der Waals surface area contributed by atoms with Crippen LogP contribution >= 0.6 is 11.8 Å². The maximum atomic E-state index is 12.2. The van der Waals surface area contributed by atoms with Gasteiger partial charge in [0.15, 0.2) is 11.0 Å². The molecule has 4 aromatic rings. The molecule has 7 nitrogen and oxygen atoms in total. The van der Waals surface area contributed by atoms with Gasteiger partial charge in [-0.05, 0) is 36.8 Å². The van der Waals surface area contributed by atoms with Crippen molar-refractivity contribution in [2.75, 3.05) is 14.2 Å². The number of para-hydroxylation sites is 1. The maximum Gasteiger partial charge on any atom is 0.319 e. The van der Waals surface area contributed by atoms with Crippen molar-refractivity contribution in [3.8, 4) is 22.8 Å². The van der Waals surface area contributed by atoms with Crippen molar-refractivity contribution in [1.29, 1.82) is 0 Å². The first-order valence-corrected chi connectivity index (χ1v) is 10.4. The Balaban J connectivity index is 1.86. The molecule has 0 radical (unpaired) electrons. The molecule has 154 valence electrons. The van der Waals surface area contributed by atoms with Gasteiger partial charge in [-0.1, -0.05) is 36.9 Å².